The van der Waals surface area contributed by atoms with E-state index in [9.17, 15) is 0 Å². The molecule has 0 aliphatic carbocycles. The van der Waals surface area contributed by atoms with Gasteiger partial charge in [-0.25, -0.2) is 0 Å². The van der Waals surface area contributed by atoms with Gasteiger partial charge in [0, 0.05) is 0 Å². The van der Waals surface area contributed by atoms with Gasteiger partial charge in [-0.15, -0.1) is 0 Å². The standard InChI is InChI=1S/C19H40/c1-5-8-9-10-11-12-13-14-15-16-17-19(7-3)18(4)6-2/h18-19H,5-17H2,1-4H3. The second-order valence-corrected chi connectivity index (χ2v) is 6.52. The molecule has 0 saturated heterocycles. The maximum atomic E-state index is 2.43. The van der Waals surface area contributed by atoms with Crippen LogP contribution in [-0.2, 0) is 0 Å². The van der Waals surface area contributed by atoms with Crippen molar-refractivity contribution >= 4 is 0 Å². The van der Waals surface area contributed by atoms with Crippen LogP contribution in [0.3, 0.4) is 0 Å². The summed E-state index contributed by atoms with van der Waals surface area (Å²) in [5, 5.41) is 0. The summed E-state index contributed by atoms with van der Waals surface area (Å²) in [6.07, 6.45) is 18.8. The average Bonchev–Trinajstić information content (AvgIpc) is 2.44. The van der Waals surface area contributed by atoms with Crippen LogP contribution in [0, 0.1) is 11.8 Å². The summed E-state index contributed by atoms with van der Waals surface area (Å²) >= 11 is 0. The van der Waals surface area contributed by atoms with Crippen molar-refractivity contribution in [3.05, 3.63) is 0 Å². The van der Waals surface area contributed by atoms with Crippen LogP contribution in [0.15, 0.2) is 0 Å². The predicted molar refractivity (Wildman–Crippen MR) is 89.7 cm³/mol. The second kappa shape index (κ2) is 14.4. The minimum absolute atomic E-state index is 0.934. The highest BCUT2D eigenvalue weighted by atomic mass is 14.2. The van der Waals surface area contributed by atoms with Gasteiger partial charge in [-0.05, 0) is 11.8 Å². The lowest BCUT2D eigenvalue weighted by Gasteiger charge is -2.21. The van der Waals surface area contributed by atoms with Crippen molar-refractivity contribution in [1.29, 1.82) is 0 Å². The van der Waals surface area contributed by atoms with Gasteiger partial charge in [0.2, 0.25) is 0 Å². The van der Waals surface area contributed by atoms with E-state index < -0.39 is 0 Å². The monoisotopic (exact) mass is 268 g/mol. The molecule has 2 atom stereocenters. The van der Waals surface area contributed by atoms with Crippen molar-refractivity contribution in [1.82, 2.24) is 0 Å². The number of hydrogen-bond donors (Lipinski definition) is 0. The van der Waals surface area contributed by atoms with Gasteiger partial charge >= 0.3 is 0 Å². The van der Waals surface area contributed by atoms with Crippen LogP contribution in [0.2, 0.25) is 0 Å². The van der Waals surface area contributed by atoms with E-state index in [0.717, 1.165) is 11.8 Å². The van der Waals surface area contributed by atoms with Crippen molar-refractivity contribution in [2.75, 3.05) is 0 Å². The van der Waals surface area contributed by atoms with Crippen LogP contribution in [0.4, 0.5) is 0 Å². The van der Waals surface area contributed by atoms with Gasteiger partial charge in [0.05, 0.1) is 0 Å². The molecule has 2 unspecified atom stereocenters. The van der Waals surface area contributed by atoms with E-state index in [2.05, 4.69) is 27.7 Å². The van der Waals surface area contributed by atoms with Gasteiger partial charge in [-0.3, -0.25) is 0 Å². The first-order valence-electron chi connectivity index (χ1n) is 9.26. The van der Waals surface area contributed by atoms with E-state index >= 15 is 0 Å². The molecule has 0 heterocycles. The normalized spacial score (nSPS) is 14.5. The zero-order valence-electron chi connectivity index (χ0n) is 14.3. The van der Waals surface area contributed by atoms with Gasteiger partial charge in [-0.1, -0.05) is 111 Å². The van der Waals surface area contributed by atoms with Crippen LogP contribution >= 0.6 is 0 Å². The van der Waals surface area contributed by atoms with Crippen LogP contribution in [0.1, 0.15) is 111 Å². The van der Waals surface area contributed by atoms with Crippen molar-refractivity contribution < 1.29 is 0 Å². The molecule has 19 heavy (non-hydrogen) atoms. The molecule has 0 nitrogen and oxygen atoms in total. The smallest absolute Gasteiger partial charge is 0.0391 e. The fourth-order valence-corrected chi connectivity index (χ4v) is 3.12. The first kappa shape index (κ1) is 19.0. The molecule has 0 heteroatoms. The molecule has 0 N–H and O–H groups in total. The molecule has 0 saturated carbocycles. The lowest BCUT2D eigenvalue weighted by molar-refractivity contribution is 0.307. The first-order chi connectivity index (χ1) is 9.26. The topological polar surface area (TPSA) is 0 Å². The highest BCUT2D eigenvalue weighted by Crippen LogP contribution is 2.24. The summed E-state index contributed by atoms with van der Waals surface area (Å²) in [5.41, 5.74) is 0. The molecular formula is C19H40. The highest BCUT2D eigenvalue weighted by molar-refractivity contribution is 4.64. The summed E-state index contributed by atoms with van der Waals surface area (Å²) in [7, 11) is 0. The van der Waals surface area contributed by atoms with Crippen LogP contribution in [-0.4, -0.2) is 0 Å². The highest BCUT2D eigenvalue weighted by Gasteiger charge is 2.12. The Labute approximate surface area is 123 Å². The maximum Gasteiger partial charge on any atom is -0.0391 e. The Hall–Kier alpha value is 0. The molecule has 0 rings (SSSR count). The fourth-order valence-electron chi connectivity index (χ4n) is 3.12. The van der Waals surface area contributed by atoms with E-state index in [1.54, 1.807) is 0 Å². The number of unbranched alkanes of at least 4 members (excludes halogenated alkanes) is 9. The van der Waals surface area contributed by atoms with Gasteiger partial charge in [0.25, 0.3) is 0 Å². The summed E-state index contributed by atoms with van der Waals surface area (Å²) < 4.78 is 0. The van der Waals surface area contributed by atoms with Crippen LogP contribution < -0.4 is 0 Å². The van der Waals surface area contributed by atoms with E-state index in [0.29, 0.717) is 0 Å². The molecule has 0 fully saturated rings. The van der Waals surface area contributed by atoms with Gasteiger partial charge < -0.3 is 0 Å². The third-order valence-electron chi connectivity index (χ3n) is 4.90. The van der Waals surface area contributed by atoms with Crippen LogP contribution in [0.25, 0.3) is 0 Å². The number of hydrogen-bond acceptors (Lipinski definition) is 0. The predicted octanol–water partition coefficient (Wildman–Crippen LogP) is 7.37. The first-order valence-corrected chi connectivity index (χ1v) is 9.26. The Balaban J connectivity index is 3.25. The van der Waals surface area contributed by atoms with Crippen molar-refractivity contribution in [2.45, 2.75) is 111 Å². The van der Waals surface area contributed by atoms with Gasteiger partial charge in [-0.2, -0.15) is 0 Å². The molecule has 0 aliphatic rings. The van der Waals surface area contributed by atoms with Gasteiger partial charge in [0.1, 0.15) is 0 Å². The Bertz CT molecular complexity index is 161. The van der Waals surface area contributed by atoms with Crippen molar-refractivity contribution in [3.63, 3.8) is 0 Å². The largest absolute Gasteiger partial charge is 0.0654 e. The third-order valence-corrected chi connectivity index (χ3v) is 4.90. The van der Waals surface area contributed by atoms with Crippen molar-refractivity contribution in [3.8, 4) is 0 Å². The lowest BCUT2D eigenvalue weighted by Crippen LogP contribution is -2.09. The zero-order valence-corrected chi connectivity index (χ0v) is 14.3. The van der Waals surface area contributed by atoms with E-state index in [4.69, 9.17) is 0 Å². The molecule has 116 valence electrons. The average molecular weight is 269 g/mol. The van der Waals surface area contributed by atoms with Gasteiger partial charge in [0.15, 0.2) is 0 Å². The Kier molecular flexibility index (Phi) is 14.4. The minimum atomic E-state index is 0.934. The van der Waals surface area contributed by atoms with E-state index in [1.165, 1.54) is 83.5 Å². The van der Waals surface area contributed by atoms with E-state index in [-0.39, 0.29) is 0 Å². The fraction of sp³-hybridized carbons (Fsp3) is 1.00. The molecule has 0 aliphatic heterocycles. The second-order valence-electron chi connectivity index (χ2n) is 6.52. The zero-order chi connectivity index (χ0) is 14.3. The number of rotatable bonds is 14. The van der Waals surface area contributed by atoms with Crippen molar-refractivity contribution in [2.24, 2.45) is 11.8 Å². The Morgan fingerprint density at radius 1 is 0.579 bits per heavy atom. The van der Waals surface area contributed by atoms with E-state index in [1.807, 2.05) is 0 Å². The molecule has 0 aromatic carbocycles. The minimum Gasteiger partial charge on any atom is -0.0654 e. The molecular weight excluding hydrogens is 228 g/mol. The Morgan fingerprint density at radius 2 is 1.05 bits per heavy atom. The summed E-state index contributed by atoms with van der Waals surface area (Å²) in [6.45, 7) is 9.44. The Morgan fingerprint density at radius 3 is 1.47 bits per heavy atom. The molecule has 0 bridgehead atoms. The lowest BCUT2D eigenvalue weighted by atomic mass is 9.85. The summed E-state index contributed by atoms with van der Waals surface area (Å²) in [4.78, 5) is 0. The third kappa shape index (κ3) is 11.5. The SMILES string of the molecule is CCCCCCCCCCCCC(CC)C(C)CC. The molecule has 0 amide bonds. The molecule has 0 radical (unpaired) electrons. The summed E-state index contributed by atoms with van der Waals surface area (Å²) in [5.74, 6) is 1.92. The molecule has 0 spiro atoms. The maximum absolute atomic E-state index is 2.43. The quantitative estimate of drug-likeness (QED) is 0.288. The van der Waals surface area contributed by atoms with Crippen LogP contribution in [0.5, 0.6) is 0 Å². The summed E-state index contributed by atoms with van der Waals surface area (Å²) in [6, 6.07) is 0. The molecule has 0 aromatic rings. The molecule has 0 aromatic heterocycles.